The van der Waals surface area contributed by atoms with Crippen LogP contribution in [0.5, 0.6) is 5.75 Å². The zero-order valence-corrected chi connectivity index (χ0v) is 12.6. The first-order valence-electron chi connectivity index (χ1n) is 7.13. The summed E-state index contributed by atoms with van der Waals surface area (Å²) in [5.74, 6) is 0.869. The summed E-state index contributed by atoms with van der Waals surface area (Å²) >= 11 is 0. The third-order valence-corrected chi connectivity index (χ3v) is 3.69. The number of benzene rings is 2. The van der Waals surface area contributed by atoms with Crippen LogP contribution >= 0.6 is 0 Å². The van der Waals surface area contributed by atoms with Crippen molar-refractivity contribution in [2.24, 2.45) is 0 Å². The molecule has 2 nitrogen and oxygen atoms in total. The van der Waals surface area contributed by atoms with E-state index in [2.05, 4.69) is 50.4 Å². The van der Waals surface area contributed by atoms with Crippen molar-refractivity contribution < 1.29 is 5.11 Å². The van der Waals surface area contributed by atoms with Crippen LogP contribution in [0.1, 0.15) is 49.4 Å². The van der Waals surface area contributed by atoms with Crippen molar-refractivity contribution in [3.63, 3.8) is 0 Å². The minimum atomic E-state index is 0.236. The van der Waals surface area contributed by atoms with E-state index in [1.807, 2.05) is 13.0 Å². The summed E-state index contributed by atoms with van der Waals surface area (Å²) in [5.41, 5.74) is 4.74. The second-order valence-corrected chi connectivity index (χ2v) is 5.69. The van der Waals surface area contributed by atoms with Gasteiger partial charge in [-0.3, -0.25) is 0 Å². The molecule has 0 radical (unpaired) electrons. The number of aryl methyl sites for hydroxylation is 1. The van der Waals surface area contributed by atoms with Crippen molar-refractivity contribution in [1.29, 1.82) is 0 Å². The topological polar surface area (TPSA) is 32.3 Å². The smallest absolute Gasteiger partial charge is 0.115 e. The van der Waals surface area contributed by atoms with Crippen LogP contribution in [0.4, 0.5) is 5.69 Å². The quantitative estimate of drug-likeness (QED) is 0.766. The lowest BCUT2D eigenvalue weighted by molar-refractivity contribution is 0.475. The second-order valence-electron chi connectivity index (χ2n) is 5.69. The third-order valence-electron chi connectivity index (χ3n) is 3.69. The number of hydrogen-bond acceptors (Lipinski definition) is 2. The van der Waals surface area contributed by atoms with E-state index in [0.717, 1.165) is 11.3 Å². The molecule has 2 aromatic rings. The van der Waals surface area contributed by atoms with Crippen LogP contribution in [0.2, 0.25) is 0 Å². The van der Waals surface area contributed by atoms with Crippen LogP contribution in [0.25, 0.3) is 0 Å². The first kappa shape index (κ1) is 14.4. The van der Waals surface area contributed by atoms with Gasteiger partial charge in [-0.15, -0.1) is 0 Å². The molecule has 0 saturated heterocycles. The first-order valence-corrected chi connectivity index (χ1v) is 7.13. The summed E-state index contributed by atoms with van der Waals surface area (Å²) in [5, 5.41) is 12.9. The van der Waals surface area contributed by atoms with E-state index < -0.39 is 0 Å². The third kappa shape index (κ3) is 3.32. The van der Waals surface area contributed by atoms with E-state index in [0.29, 0.717) is 11.7 Å². The minimum absolute atomic E-state index is 0.236. The molecule has 0 aliphatic carbocycles. The Morgan fingerprint density at radius 2 is 1.50 bits per heavy atom. The van der Waals surface area contributed by atoms with Gasteiger partial charge in [0.15, 0.2) is 0 Å². The Morgan fingerprint density at radius 3 is 2.05 bits per heavy atom. The predicted molar refractivity (Wildman–Crippen MR) is 85.4 cm³/mol. The van der Waals surface area contributed by atoms with E-state index in [1.54, 1.807) is 12.1 Å². The number of nitrogens with one attached hydrogen (secondary N) is 1. The summed E-state index contributed by atoms with van der Waals surface area (Å²) in [6.07, 6.45) is 0. The van der Waals surface area contributed by atoms with E-state index in [9.17, 15) is 5.11 Å². The van der Waals surface area contributed by atoms with Crippen molar-refractivity contribution in [2.45, 2.75) is 39.7 Å². The fourth-order valence-electron chi connectivity index (χ4n) is 2.30. The molecule has 1 unspecified atom stereocenters. The molecular formula is C18H23NO. The molecule has 2 aromatic carbocycles. The Balaban J connectivity index is 2.13. The maximum absolute atomic E-state index is 9.44. The van der Waals surface area contributed by atoms with Crippen molar-refractivity contribution in [1.82, 2.24) is 0 Å². The van der Waals surface area contributed by atoms with Crippen LogP contribution in [0, 0.1) is 6.92 Å². The minimum Gasteiger partial charge on any atom is -0.508 e. The van der Waals surface area contributed by atoms with Crippen LogP contribution in [-0.4, -0.2) is 5.11 Å². The molecule has 0 aliphatic heterocycles. The molecule has 0 heterocycles. The molecule has 0 aliphatic rings. The maximum atomic E-state index is 9.44. The number of anilines is 1. The van der Waals surface area contributed by atoms with Crippen LogP contribution in [0.15, 0.2) is 42.5 Å². The highest BCUT2D eigenvalue weighted by Gasteiger charge is 2.08. The zero-order chi connectivity index (χ0) is 14.7. The van der Waals surface area contributed by atoms with Gasteiger partial charge in [-0.2, -0.15) is 0 Å². The fourth-order valence-corrected chi connectivity index (χ4v) is 2.30. The van der Waals surface area contributed by atoms with Gasteiger partial charge in [-0.25, -0.2) is 0 Å². The monoisotopic (exact) mass is 269 g/mol. The van der Waals surface area contributed by atoms with Gasteiger partial charge in [0.25, 0.3) is 0 Å². The lowest BCUT2D eigenvalue weighted by Gasteiger charge is -2.18. The molecule has 106 valence electrons. The summed E-state index contributed by atoms with van der Waals surface area (Å²) in [6.45, 7) is 8.56. The molecule has 20 heavy (non-hydrogen) atoms. The van der Waals surface area contributed by atoms with Crippen LogP contribution in [-0.2, 0) is 0 Å². The molecule has 2 rings (SSSR count). The Bertz CT molecular complexity index is 572. The summed E-state index contributed by atoms with van der Waals surface area (Å²) in [4.78, 5) is 0. The van der Waals surface area contributed by atoms with E-state index in [1.165, 1.54) is 11.1 Å². The number of phenolic OH excluding ortho intramolecular Hbond substituents is 1. The van der Waals surface area contributed by atoms with Gasteiger partial charge < -0.3 is 10.4 Å². The van der Waals surface area contributed by atoms with Gasteiger partial charge in [0.2, 0.25) is 0 Å². The summed E-state index contributed by atoms with van der Waals surface area (Å²) in [7, 11) is 0. The van der Waals surface area contributed by atoms with Crippen molar-refractivity contribution >= 4 is 5.69 Å². The highest BCUT2D eigenvalue weighted by atomic mass is 16.3. The average Bonchev–Trinajstić information content (AvgIpc) is 2.42. The Hall–Kier alpha value is -1.96. The Labute approximate surface area is 121 Å². The molecule has 0 amide bonds. The molecule has 0 spiro atoms. The number of rotatable bonds is 4. The second kappa shape index (κ2) is 6.00. The van der Waals surface area contributed by atoms with Crippen LogP contribution in [0.3, 0.4) is 0 Å². The Morgan fingerprint density at radius 1 is 0.900 bits per heavy atom. The largest absolute Gasteiger partial charge is 0.508 e. The number of aromatic hydroxyl groups is 1. The van der Waals surface area contributed by atoms with Gasteiger partial charge in [0.1, 0.15) is 5.75 Å². The molecule has 2 heteroatoms. The van der Waals surface area contributed by atoms with Crippen molar-refractivity contribution in [3.05, 3.63) is 59.2 Å². The molecule has 0 bridgehead atoms. The van der Waals surface area contributed by atoms with E-state index >= 15 is 0 Å². The van der Waals surface area contributed by atoms with Crippen LogP contribution < -0.4 is 5.32 Å². The number of phenols is 1. The van der Waals surface area contributed by atoms with Gasteiger partial charge in [-0.1, -0.05) is 38.1 Å². The standard InChI is InChI=1S/C18H23NO/c1-12(2)15-5-7-16(8-6-15)14(4)19-18-10-9-17(20)11-13(18)3/h5-12,14,19-20H,1-4H3. The van der Waals surface area contributed by atoms with Gasteiger partial charge >= 0.3 is 0 Å². The fraction of sp³-hybridized carbons (Fsp3) is 0.333. The first-order chi connectivity index (χ1) is 9.47. The highest BCUT2D eigenvalue weighted by molar-refractivity contribution is 5.54. The Kier molecular flexibility index (Phi) is 4.33. The summed E-state index contributed by atoms with van der Waals surface area (Å²) < 4.78 is 0. The average molecular weight is 269 g/mol. The molecule has 1 atom stereocenters. The van der Waals surface area contributed by atoms with Gasteiger partial charge in [0, 0.05) is 11.7 Å². The van der Waals surface area contributed by atoms with Gasteiger partial charge in [-0.05, 0) is 54.7 Å². The lowest BCUT2D eigenvalue weighted by atomic mass is 9.99. The molecule has 0 saturated carbocycles. The predicted octanol–water partition coefficient (Wildman–Crippen LogP) is 5.00. The van der Waals surface area contributed by atoms with E-state index in [-0.39, 0.29) is 6.04 Å². The van der Waals surface area contributed by atoms with Gasteiger partial charge in [0.05, 0.1) is 0 Å². The van der Waals surface area contributed by atoms with Crippen molar-refractivity contribution in [3.8, 4) is 5.75 Å². The van der Waals surface area contributed by atoms with Crippen molar-refractivity contribution in [2.75, 3.05) is 5.32 Å². The molecular weight excluding hydrogens is 246 g/mol. The maximum Gasteiger partial charge on any atom is 0.115 e. The zero-order valence-electron chi connectivity index (χ0n) is 12.6. The SMILES string of the molecule is Cc1cc(O)ccc1NC(C)c1ccc(C(C)C)cc1. The normalized spacial score (nSPS) is 12.4. The van der Waals surface area contributed by atoms with E-state index in [4.69, 9.17) is 0 Å². The molecule has 2 N–H and O–H groups in total. The molecule has 0 aromatic heterocycles. The lowest BCUT2D eigenvalue weighted by Crippen LogP contribution is -2.07. The highest BCUT2D eigenvalue weighted by Crippen LogP contribution is 2.25. The number of hydrogen-bond donors (Lipinski definition) is 2. The summed E-state index contributed by atoms with van der Waals surface area (Å²) in [6, 6.07) is 14.4. The molecule has 0 fully saturated rings.